The van der Waals surface area contributed by atoms with Gasteiger partial charge in [-0.3, -0.25) is 10.1 Å². The smallest absolute Gasteiger partial charge is 0.412 e. The third-order valence-electron chi connectivity index (χ3n) is 1.99. The van der Waals surface area contributed by atoms with E-state index in [2.05, 4.69) is 10.3 Å². The summed E-state index contributed by atoms with van der Waals surface area (Å²) in [5.41, 5.74) is 0.114. The van der Waals surface area contributed by atoms with Crippen molar-refractivity contribution in [2.45, 2.75) is 39.9 Å². The number of amides is 1. The Hall–Kier alpha value is -1.82. The minimum atomic E-state index is -0.620. The average Bonchev–Trinajstić information content (AvgIpc) is 2.26. The van der Waals surface area contributed by atoms with E-state index in [-0.39, 0.29) is 11.8 Å². The van der Waals surface area contributed by atoms with Crippen molar-refractivity contribution < 1.29 is 19.1 Å². The first-order valence-electron chi connectivity index (χ1n) is 5.96. The molecule has 1 amide bonds. The van der Waals surface area contributed by atoms with Crippen LogP contribution >= 0.6 is 11.6 Å². The van der Waals surface area contributed by atoms with Crippen molar-refractivity contribution in [3.05, 3.63) is 23.0 Å². The van der Waals surface area contributed by atoms with Crippen molar-refractivity contribution in [2.24, 2.45) is 0 Å². The molecule has 20 heavy (non-hydrogen) atoms. The van der Waals surface area contributed by atoms with Crippen molar-refractivity contribution in [1.82, 2.24) is 4.98 Å². The number of halogens is 1. The highest BCUT2D eigenvalue weighted by Gasteiger charge is 2.18. The number of pyridine rings is 1. The van der Waals surface area contributed by atoms with Crippen molar-refractivity contribution in [1.29, 1.82) is 0 Å². The lowest BCUT2D eigenvalue weighted by Crippen LogP contribution is -2.27. The van der Waals surface area contributed by atoms with Gasteiger partial charge < -0.3 is 9.47 Å². The number of carbonyl (C=O) groups excluding carboxylic acids is 2. The highest BCUT2D eigenvalue weighted by molar-refractivity contribution is 6.29. The van der Waals surface area contributed by atoms with E-state index in [0.717, 1.165) is 0 Å². The summed E-state index contributed by atoms with van der Waals surface area (Å²) in [5, 5.41) is 2.78. The Balaban J connectivity index is 2.83. The molecule has 0 saturated heterocycles. The normalized spacial score (nSPS) is 10.8. The number of hydrogen-bond acceptors (Lipinski definition) is 5. The van der Waals surface area contributed by atoms with Crippen LogP contribution in [0.15, 0.2) is 12.1 Å². The number of rotatable bonds is 3. The minimum Gasteiger partial charge on any atom is -0.459 e. The zero-order valence-corrected chi connectivity index (χ0v) is 12.6. The zero-order chi connectivity index (χ0) is 15.3. The summed E-state index contributed by atoms with van der Waals surface area (Å²) in [6.07, 6.45) is -0.620. The van der Waals surface area contributed by atoms with Crippen molar-refractivity contribution in [3.63, 3.8) is 0 Å². The second-order valence-electron chi connectivity index (χ2n) is 5.04. The summed E-state index contributed by atoms with van der Waals surface area (Å²) >= 11 is 5.78. The molecule has 0 spiro atoms. The van der Waals surface area contributed by atoms with E-state index in [1.165, 1.54) is 13.0 Å². The number of aromatic nitrogens is 1. The topological polar surface area (TPSA) is 77.5 Å². The minimum absolute atomic E-state index is 0.0823. The molecule has 1 heterocycles. The van der Waals surface area contributed by atoms with E-state index in [9.17, 15) is 9.59 Å². The summed E-state index contributed by atoms with van der Waals surface area (Å²) in [6, 6.07) is 3.09. The Morgan fingerprint density at radius 3 is 2.55 bits per heavy atom. The fourth-order valence-electron chi connectivity index (χ4n) is 1.28. The van der Waals surface area contributed by atoms with E-state index in [4.69, 9.17) is 21.1 Å². The van der Waals surface area contributed by atoms with Crippen LogP contribution in [0.25, 0.3) is 0 Å². The van der Waals surface area contributed by atoms with Crippen LogP contribution in [-0.4, -0.2) is 22.6 Å². The summed E-state index contributed by atoms with van der Waals surface area (Å²) in [4.78, 5) is 26.5. The van der Waals surface area contributed by atoms with Gasteiger partial charge in [0.2, 0.25) is 0 Å². The van der Waals surface area contributed by atoms with E-state index < -0.39 is 17.7 Å². The molecule has 0 bridgehead atoms. The molecule has 0 saturated carbocycles. The van der Waals surface area contributed by atoms with Crippen molar-refractivity contribution >= 4 is 29.4 Å². The molecule has 1 aromatic heterocycles. The van der Waals surface area contributed by atoms with Crippen LogP contribution in [0.2, 0.25) is 5.15 Å². The lowest BCUT2D eigenvalue weighted by atomic mass is 10.2. The standard InChI is InChI=1S/C13H17ClN2O4/c1-8(17)19-7-10-9(5-6-11(14)15-10)16-12(18)20-13(2,3)4/h5-6H,7H2,1-4H3,(H,16,18). The fraction of sp³-hybridized carbons (Fsp3) is 0.462. The highest BCUT2D eigenvalue weighted by Crippen LogP contribution is 2.19. The number of ether oxygens (including phenoxy) is 2. The quantitative estimate of drug-likeness (QED) is 0.685. The van der Waals surface area contributed by atoms with Gasteiger partial charge in [-0.2, -0.15) is 0 Å². The Morgan fingerprint density at radius 2 is 2.00 bits per heavy atom. The van der Waals surface area contributed by atoms with E-state index >= 15 is 0 Å². The van der Waals surface area contributed by atoms with Crippen LogP contribution < -0.4 is 5.32 Å². The molecular formula is C13H17ClN2O4. The number of esters is 1. The summed E-state index contributed by atoms with van der Waals surface area (Å²) in [6.45, 7) is 6.47. The van der Waals surface area contributed by atoms with Gasteiger partial charge in [0.15, 0.2) is 0 Å². The second kappa shape index (κ2) is 6.56. The molecule has 0 aliphatic rings. The monoisotopic (exact) mass is 300 g/mol. The number of carbonyl (C=O) groups is 2. The maximum absolute atomic E-state index is 11.7. The molecule has 0 atom stereocenters. The fourth-order valence-corrected chi connectivity index (χ4v) is 1.45. The Bertz CT molecular complexity index is 512. The maximum Gasteiger partial charge on any atom is 0.412 e. The predicted molar refractivity (Wildman–Crippen MR) is 74.6 cm³/mol. The third-order valence-corrected chi connectivity index (χ3v) is 2.20. The molecule has 0 aliphatic carbocycles. The van der Waals surface area contributed by atoms with Crippen molar-refractivity contribution in [3.8, 4) is 0 Å². The Kier molecular flexibility index (Phi) is 5.33. The molecule has 0 aromatic carbocycles. The first-order chi connectivity index (χ1) is 9.17. The molecule has 1 aromatic rings. The molecule has 1 rings (SSSR count). The van der Waals surface area contributed by atoms with Gasteiger partial charge >= 0.3 is 12.1 Å². The van der Waals surface area contributed by atoms with Crippen LogP contribution in [0.1, 0.15) is 33.4 Å². The van der Waals surface area contributed by atoms with Crippen LogP contribution in [0.5, 0.6) is 0 Å². The third kappa shape index (κ3) is 5.88. The Labute approximate surface area is 122 Å². The molecule has 110 valence electrons. The molecule has 1 N–H and O–H groups in total. The predicted octanol–water partition coefficient (Wildman–Crippen LogP) is 3.15. The number of hydrogen-bond donors (Lipinski definition) is 1. The molecule has 0 aliphatic heterocycles. The molecule has 0 radical (unpaired) electrons. The maximum atomic E-state index is 11.7. The van der Waals surface area contributed by atoms with E-state index in [0.29, 0.717) is 11.4 Å². The number of nitrogens with one attached hydrogen (secondary N) is 1. The largest absolute Gasteiger partial charge is 0.459 e. The van der Waals surface area contributed by atoms with Gasteiger partial charge in [-0.25, -0.2) is 9.78 Å². The van der Waals surface area contributed by atoms with Gasteiger partial charge in [0, 0.05) is 6.92 Å². The van der Waals surface area contributed by atoms with Gasteiger partial charge in [-0.15, -0.1) is 0 Å². The van der Waals surface area contributed by atoms with Gasteiger partial charge in [-0.05, 0) is 32.9 Å². The number of nitrogens with zero attached hydrogens (tertiary/aromatic N) is 1. The SMILES string of the molecule is CC(=O)OCc1nc(Cl)ccc1NC(=O)OC(C)(C)C. The van der Waals surface area contributed by atoms with Gasteiger partial charge in [0.1, 0.15) is 23.1 Å². The molecule has 7 heteroatoms. The lowest BCUT2D eigenvalue weighted by Gasteiger charge is -2.20. The molecule has 0 fully saturated rings. The van der Waals surface area contributed by atoms with E-state index in [1.807, 2.05) is 0 Å². The van der Waals surface area contributed by atoms with E-state index in [1.54, 1.807) is 26.8 Å². The molecule has 6 nitrogen and oxygen atoms in total. The van der Waals surface area contributed by atoms with Gasteiger partial charge in [0.25, 0.3) is 0 Å². The second-order valence-corrected chi connectivity index (χ2v) is 5.42. The molecule has 0 unspecified atom stereocenters. The van der Waals surface area contributed by atoms with Crippen LogP contribution in [0, 0.1) is 0 Å². The number of anilines is 1. The molecular weight excluding hydrogens is 284 g/mol. The van der Waals surface area contributed by atoms with Crippen LogP contribution in [0.3, 0.4) is 0 Å². The highest BCUT2D eigenvalue weighted by atomic mass is 35.5. The first kappa shape index (κ1) is 16.2. The average molecular weight is 301 g/mol. The first-order valence-corrected chi connectivity index (χ1v) is 6.34. The van der Waals surface area contributed by atoms with Crippen LogP contribution in [0.4, 0.5) is 10.5 Å². The van der Waals surface area contributed by atoms with Crippen molar-refractivity contribution in [2.75, 3.05) is 5.32 Å². The van der Waals surface area contributed by atoms with Crippen LogP contribution in [-0.2, 0) is 20.9 Å². The summed E-state index contributed by atoms with van der Waals surface area (Å²) in [7, 11) is 0. The zero-order valence-electron chi connectivity index (χ0n) is 11.8. The van der Waals surface area contributed by atoms with Gasteiger partial charge in [-0.1, -0.05) is 11.6 Å². The lowest BCUT2D eigenvalue weighted by molar-refractivity contribution is -0.142. The summed E-state index contributed by atoms with van der Waals surface area (Å²) in [5.74, 6) is -0.449. The summed E-state index contributed by atoms with van der Waals surface area (Å²) < 4.78 is 9.99. The Morgan fingerprint density at radius 1 is 1.35 bits per heavy atom. The van der Waals surface area contributed by atoms with Gasteiger partial charge in [0.05, 0.1) is 5.69 Å².